The number of nitrogens with zero attached hydrogens (tertiary/aromatic N) is 1. The van der Waals surface area contributed by atoms with E-state index in [4.69, 9.17) is 9.90 Å². The Balaban J connectivity index is 0.00000205. The Hall–Kier alpha value is -1.88. The van der Waals surface area contributed by atoms with Gasteiger partial charge < -0.3 is 10.4 Å². The minimum atomic E-state index is -0.250. The number of carboxylic acid groups (broad SMARTS) is 1. The highest BCUT2D eigenvalue weighted by atomic mass is 16.3. The molecule has 206 valence electrons. The molecule has 0 saturated heterocycles. The van der Waals surface area contributed by atoms with Gasteiger partial charge in [-0.1, -0.05) is 98.8 Å². The van der Waals surface area contributed by atoms with E-state index in [1.165, 1.54) is 55.3 Å². The Labute approximate surface area is 221 Å². The van der Waals surface area contributed by atoms with Gasteiger partial charge in [-0.2, -0.15) is 0 Å². The van der Waals surface area contributed by atoms with Crippen LogP contribution in [0.2, 0.25) is 0 Å². The molecular weight excluding hydrogens is 448 g/mol. The van der Waals surface area contributed by atoms with E-state index in [0.29, 0.717) is 5.41 Å². The average molecular weight is 503 g/mol. The minimum absolute atomic E-state index is 0.0224. The second-order valence-corrected chi connectivity index (χ2v) is 12.0. The summed E-state index contributed by atoms with van der Waals surface area (Å²) in [6, 6.07) is 6.77. The first-order valence-corrected chi connectivity index (χ1v) is 14.2. The van der Waals surface area contributed by atoms with Crippen molar-refractivity contribution in [2.24, 2.45) is 23.2 Å². The number of carbonyl (C=O) groups excluding carboxylic acids is 1. The van der Waals surface area contributed by atoms with Crippen molar-refractivity contribution in [1.29, 1.82) is 0 Å². The van der Waals surface area contributed by atoms with Gasteiger partial charge in [0.25, 0.3) is 6.47 Å². The van der Waals surface area contributed by atoms with Gasteiger partial charge in [-0.05, 0) is 59.2 Å². The lowest BCUT2D eigenvalue weighted by Crippen LogP contribution is -2.25. The van der Waals surface area contributed by atoms with Crippen LogP contribution in [0, 0.1) is 23.2 Å². The fourth-order valence-corrected chi connectivity index (χ4v) is 5.58. The number of benzene rings is 1. The van der Waals surface area contributed by atoms with E-state index in [2.05, 4.69) is 76.9 Å². The first-order valence-electron chi connectivity index (χ1n) is 14.2. The van der Waals surface area contributed by atoms with Crippen molar-refractivity contribution < 1.29 is 14.7 Å². The lowest BCUT2D eigenvalue weighted by atomic mass is 9.73. The summed E-state index contributed by atoms with van der Waals surface area (Å²) in [6.45, 7) is 19.6. The summed E-state index contributed by atoms with van der Waals surface area (Å²) in [5.74, 6) is 2.50. The molecule has 2 rings (SSSR count). The monoisotopic (exact) mass is 502 g/mol. The van der Waals surface area contributed by atoms with E-state index in [-0.39, 0.29) is 18.3 Å². The summed E-state index contributed by atoms with van der Waals surface area (Å²) < 4.78 is 0. The molecule has 5 nitrogen and oxygen atoms in total. The first kappa shape index (κ1) is 32.1. The van der Waals surface area contributed by atoms with Crippen molar-refractivity contribution in [3.8, 4) is 0 Å². The molecule has 0 saturated carbocycles. The molecule has 36 heavy (non-hydrogen) atoms. The number of rotatable bonds is 13. The van der Waals surface area contributed by atoms with Gasteiger partial charge in [-0.15, -0.1) is 0 Å². The van der Waals surface area contributed by atoms with Gasteiger partial charge in [0, 0.05) is 20.1 Å². The molecule has 0 aromatic heterocycles. The van der Waals surface area contributed by atoms with Crippen molar-refractivity contribution in [3.05, 3.63) is 34.9 Å². The molecule has 0 fully saturated rings. The third kappa shape index (κ3) is 10.2. The number of amides is 1. The molecule has 4 unspecified atom stereocenters. The third-order valence-electron chi connectivity index (χ3n) is 8.36. The Kier molecular flexibility index (Phi) is 14.3. The van der Waals surface area contributed by atoms with Crippen LogP contribution in [0.25, 0.3) is 0 Å². The van der Waals surface area contributed by atoms with E-state index >= 15 is 0 Å². The maximum absolute atomic E-state index is 12.4. The van der Waals surface area contributed by atoms with Gasteiger partial charge in [0.05, 0.1) is 5.92 Å². The first-order chi connectivity index (χ1) is 17.0. The van der Waals surface area contributed by atoms with Gasteiger partial charge in [0.15, 0.2) is 0 Å². The number of nitrogens with one attached hydrogen (secondary N) is 1. The van der Waals surface area contributed by atoms with Crippen molar-refractivity contribution in [3.63, 3.8) is 0 Å². The van der Waals surface area contributed by atoms with E-state index in [1.807, 2.05) is 0 Å². The molecule has 1 aliphatic rings. The van der Waals surface area contributed by atoms with Crippen LogP contribution < -0.4 is 5.32 Å². The van der Waals surface area contributed by atoms with Gasteiger partial charge in [-0.3, -0.25) is 14.5 Å². The lowest BCUT2D eigenvalue weighted by Gasteiger charge is -2.33. The molecule has 0 bridgehead atoms. The van der Waals surface area contributed by atoms with Crippen LogP contribution in [-0.2, 0) is 22.7 Å². The average Bonchev–Trinajstić information content (AvgIpc) is 3.25. The molecule has 2 N–H and O–H groups in total. The van der Waals surface area contributed by atoms with Gasteiger partial charge >= 0.3 is 0 Å². The number of carbonyl (C=O) groups is 2. The van der Waals surface area contributed by atoms with E-state index in [1.54, 1.807) is 7.05 Å². The predicted molar refractivity (Wildman–Crippen MR) is 151 cm³/mol. The SMILES string of the molecule is CCCC(CCC(C)C(C)C(C)(C)C)CCN1Cc2ccc(C(CCC)C(=O)NC)cc2C1.O=CO. The largest absolute Gasteiger partial charge is 0.483 e. The van der Waals surface area contributed by atoms with Crippen molar-refractivity contribution in [2.75, 3.05) is 13.6 Å². The number of fused-ring (bicyclic) bond motifs is 1. The molecule has 1 aromatic rings. The maximum Gasteiger partial charge on any atom is 0.290 e. The summed E-state index contributed by atoms with van der Waals surface area (Å²) in [6.07, 6.45) is 8.60. The van der Waals surface area contributed by atoms with Crippen molar-refractivity contribution in [2.45, 2.75) is 112 Å². The standard InChI is InChI=1S/C30H52N2O.CH2O2/c1-9-11-24(14-13-22(3)23(4)30(5,6)7)17-18-32-20-26-16-15-25(19-27(26)21-32)28(12-10-2)29(33)31-8;2-1-3/h15-16,19,22-24,28H,9-14,17-18,20-21H2,1-8H3,(H,31,33);1H,(H,2,3). The Morgan fingerprint density at radius 2 is 1.64 bits per heavy atom. The van der Waals surface area contributed by atoms with Gasteiger partial charge in [0.1, 0.15) is 0 Å². The minimum Gasteiger partial charge on any atom is -0.483 e. The van der Waals surface area contributed by atoms with E-state index < -0.39 is 0 Å². The summed E-state index contributed by atoms with van der Waals surface area (Å²) in [5.41, 5.74) is 4.46. The molecule has 5 heteroatoms. The second kappa shape index (κ2) is 16.1. The summed E-state index contributed by atoms with van der Waals surface area (Å²) in [5, 5.41) is 9.74. The predicted octanol–water partition coefficient (Wildman–Crippen LogP) is 7.24. The molecule has 0 radical (unpaired) electrons. The third-order valence-corrected chi connectivity index (χ3v) is 8.36. The molecular formula is C31H54N2O3. The fourth-order valence-electron chi connectivity index (χ4n) is 5.58. The Morgan fingerprint density at radius 1 is 1.03 bits per heavy atom. The normalized spacial score (nSPS) is 16.8. The molecule has 1 amide bonds. The quantitative estimate of drug-likeness (QED) is 0.279. The molecule has 1 aromatic carbocycles. The molecule has 4 atom stereocenters. The highest BCUT2D eigenvalue weighted by Gasteiger charge is 2.27. The number of likely N-dealkylation sites (N-methyl/N-ethyl adjacent to an activating group) is 1. The zero-order valence-corrected chi connectivity index (χ0v) is 24.4. The Bertz CT molecular complexity index is 787. The summed E-state index contributed by atoms with van der Waals surface area (Å²) >= 11 is 0. The molecule has 0 aliphatic carbocycles. The second-order valence-electron chi connectivity index (χ2n) is 12.0. The van der Waals surface area contributed by atoms with Crippen LogP contribution in [0.1, 0.15) is 116 Å². The highest BCUT2D eigenvalue weighted by molar-refractivity contribution is 5.83. The lowest BCUT2D eigenvalue weighted by molar-refractivity contribution is -0.123. The fraction of sp³-hybridized carbons (Fsp3) is 0.742. The maximum atomic E-state index is 12.4. The van der Waals surface area contributed by atoms with Crippen LogP contribution in [0.3, 0.4) is 0 Å². The smallest absolute Gasteiger partial charge is 0.290 e. The number of hydrogen-bond acceptors (Lipinski definition) is 3. The molecule has 1 heterocycles. The van der Waals surface area contributed by atoms with Crippen LogP contribution in [0.4, 0.5) is 0 Å². The Morgan fingerprint density at radius 3 is 2.19 bits per heavy atom. The number of hydrogen-bond donors (Lipinski definition) is 2. The topological polar surface area (TPSA) is 69.6 Å². The van der Waals surface area contributed by atoms with Crippen LogP contribution >= 0.6 is 0 Å². The van der Waals surface area contributed by atoms with Crippen LogP contribution in [0.15, 0.2) is 18.2 Å². The summed E-state index contributed by atoms with van der Waals surface area (Å²) in [7, 11) is 1.75. The van der Waals surface area contributed by atoms with Crippen LogP contribution in [-0.4, -0.2) is 36.0 Å². The van der Waals surface area contributed by atoms with Gasteiger partial charge in [-0.25, -0.2) is 0 Å². The van der Waals surface area contributed by atoms with Crippen molar-refractivity contribution in [1.82, 2.24) is 10.2 Å². The molecule has 0 spiro atoms. The van der Waals surface area contributed by atoms with Gasteiger partial charge in [0.2, 0.25) is 5.91 Å². The van der Waals surface area contributed by atoms with E-state index in [9.17, 15) is 4.79 Å². The summed E-state index contributed by atoms with van der Waals surface area (Å²) in [4.78, 5) is 23.4. The molecule has 1 aliphatic heterocycles. The highest BCUT2D eigenvalue weighted by Crippen LogP contribution is 2.35. The zero-order chi connectivity index (χ0) is 27.3. The zero-order valence-electron chi connectivity index (χ0n) is 24.4. The van der Waals surface area contributed by atoms with Crippen molar-refractivity contribution >= 4 is 12.4 Å². The van der Waals surface area contributed by atoms with E-state index in [0.717, 1.165) is 43.7 Å². The van der Waals surface area contributed by atoms with Crippen LogP contribution in [0.5, 0.6) is 0 Å².